The van der Waals surface area contributed by atoms with Crippen LogP contribution >= 0.6 is 0 Å². The van der Waals surface area contributed by atoms with Gasteiger partial charge < -0.3 is 41.9 Å². The molecule has 0 aromatic heterocycles. The number of nitrogens with one attached hydrogen (secondary N) is 5. The van der Waals surface area contributed by atoms with Crippen molar-refractivity contribution in [2.75, 3.05) is 0 Å². The maximum absolute atomic E-state index is 12.9. The normalized spacial score (nSPS) is 14.7. The molecule has 0 aromatic carbocycles. The maximum Gasteiger partial charge on any atom is 0.326 e. The van der Waals surface area contributed by atoms with Gasteiger partial charge in [0.25, 0.3) is 0 Å². The zero-order valence-electron chi connectivity index (χ0n) is 22.6. The van der Waals surface area contributed by atoms with Crippen molar-refractivity contribution < 1.29 is 53.7 Å². The van der Waals surface area contributed by atoms with Crippen LogP contribution in [-0.4, -0.2) is 93.0 Å². The monoisotopic (exact) mass is 559 g/mol. The highest BCUT2D eigenvalue weighted by atomic mass is 16.4. The summed E-state index contributed by atoms with van der Waals surface area (Å²) in [5.74, 6) is -9.72. The van der Waals surface area contributed by atoms with Gasteiger partial charge >= 0.3 is 17.9 Å². The molecule has 0 aliphatic rings. The van der Waals surface area contributed by atoms with Crippen LogP contribution in [0.25, 0.3) is 0 Å². The number of amides is 5. The van der Waals surface area contributed by atoms with Gasteiger partial charge in [-0.05, 0) is 18.8 Å². The van der Waals surface area contributed by atoms with Crippen LogP contribution in [-0.2, 0) is 38.4 Å². The summed E-state index contributed by atoms with van der Waals surface area (Å²) in [4.78, 5) is 95.6. The minimum absolute atomic E-state index is 0.402. The van der Waals surface area contributed by atoms with Crippen LogP contribution in [0.3, 0.4) is 0 Å². The Bertz CT molecular complexity index is 966. The van der Waals surface area contributed by atoms with Crippen molar-refractivity contribution in [3.05, 3.63) is 0 Å². The molecule has 0 unspecified atom stereocenters. The first-order chi connectivity index (χ1) is 17.9. The lowest BCUT2D eigenvalue weighted by Crippen LogP contribution is -2.60. The third kappa shape index (κ3) is 12.7. The molecule has 39 heavy (non-hydrogen) atoms. The number of carboxylic acid groups (broad SMARTS) is 3. The fourth-order valence-electron chi connectivity index (χ4n) is 3.23. The van der Waals surface area contributed by atoms with E-state index in [2.05, 4.69) is 21.3 Å². The molecule has 0 rings (SSSR count). The second-order valence-electron chi connectivity index (χ2n) is 9.54. The van der Waals surface area contributed by atoms with Crippen molar-refractivity contribution >= 4 is 47.4 Å². The van der Waals surface area contributed by atoms with Gasteiger partial charge in [0.15, 0.2) is 0 Å². The highest BCUT2D eigenvalue weighted by Gasteiger charge is 2.34. The smallest absolute Gasteiger partial charge is 0.326 e. The Kier molecular flexibility index (Phi) is 14.2. The molecule has 220 valence electrons. The van der Waals surface area contributed by atoms with Gasteiger partial charge in [-0.15, -0.1) is 0 Å². The molecular formula is C23H37N5O11. The Morgan fingerprint density at radius 2 is 0.949 bits per heavy atom. The molecule has 0 saturated heterocycles. The third-order valence-corrected chi connectivity index (χ3v) is 5.31. The Morgan fingerprint density at radius 1 is 0.538 bits per heavy atom. The summed E-state index contributed by atoms with van der Waals surface area (Å²) >= 11 is 0. The van der Waals surface area contributed by atoms with E-state index in [0.29, 0.717) is 0 Å². The quantitative estimate of drug-likeness (QED) is 0.101. The summed E-state index contributed by atoms with van der Waals surface area (Å²) in [6, 6.07) is -7.09. The highest BCUT2D eigenvalue weighted by molar-refractivity contribution is 5.97. The lowest BCUT2D eigenvalue weighted by Gasteiger charge is -2.27. The van der Waals surface area contributed by atoms with Crippen LogP contribution in [0.2, 0.25) is 0 Å². The SMILES string of the molecule is CC(=O)N[C@H](C(=O)N[C@@H](CC(=O)O)C(=O)N[C@H](C(=O)N[C@@H](C)C(=O)N[C@@H](CC(=O)O)C(=O)O)C(C)C)C(C)C. The van der Waals surface area contributed by atoms with Crippen molar-refractivity contribution in [3.8, 4) is 0 Å². The molecule has 16 nitrogen and oxygen atoms in total. The van der Waals surface area contributed by atoms with E-state index in [1.165, 1.54) is 13.8 Å². The zero-order chi connectivity index (χ0) is 30.6. The fraction of sp³-hybridized carbons (Fsp3) is 0.652. The van der Waals surface area contributed by atoms with Crippen LogP contribution in [0.1, 0.15) is 54.4 Å². The van der Waals surface area contributed by atoms with Gasteiger partial charge in [-0.25, -0.2) is 4.79 Å². The highest BCUT2D eigenvalue weighted by Crippen LogP contribution is 2.07. The lowest BCUT2D eigenvalue weighted by molar-refractivity contribution is -0.147. The standard InChI is InChI=1S/C23H37N5O11/c1-9(2)17(25-12(6)29)22(37)26-13(7-15(30)31)20(35)28-18(10(3)4)21(36)24-11(5)19(34)27-14(23(38)39)8-16(32)33/h9-11,13-14,17-18H,7-8H2,1-6H3,(H,24,36)(H,25,29)(H,26,37)(H,27,34)(H,28,35)(H,30,31)(H,32,33)(H,38,39)/t11-,13-,14-,17-,18-/m0/s1. The van der Waals surface area contributed by atoms with Gasteiger partial charge in [-0.3, -0.25) is 33.6 Å². The molecule has 8 N–H and O–H groups in total. The summed E-state index contributed by atoms with van der Waals surface area (Å²) in [7, 11) is 0. The number of rotatable bonds is 16. The van der Waals surface area contributed by atoms with Crippen LogP contribution in [0.4, 0.5) is 0 Å². The van der Waals surface area contributed by atoms with Crippen LogP contribution in [0.15, 0.2) is 0 Å². The molecule has 5 atom stereocenters. The maximum atomic E-state index is 12.9. The number of carbonyl (C=O) groups excluding carboxylic acids is 5. The van der Waals surface area contributed by atoms with E-state index in [1.807, 2.05) is 5.32 Å². The summed E-state index contributed by atoms with van der Waals surface area (Å²) in [6.45, 7) is 8.73. The van der Waals surface area contributed by atoms with E-state index in [-0.39, 0.29) is 0 Å². The molecule has 0 spiro atoms. The van der Waals surface area contributed by atoms with E-state index in [0.717, 1.165) is 0 Å². The molecular weight excluding hydrogens is 522 g/mol. The second-order valence-corrected chi connectivity index (χ2v) is 9.54. The van der Waals surface area contributed by atoms with Gasteiger partial charge in [0.1, 0.15) is 30.2 Å². The molecule has 0 aliphatic carbocycles. The molecule has 0 bridgehead atoms. The van der Waals surface area contributed by atoms with Crippen LogP contribution in [0, 0.1) is 11.8 Å². The van der Waals surface area contributed by atoms with Gasteiger partial charge in [-0.1, -0.05) is 27.7 Å². The third-order valence-electron chi connectivity index (χ3n) is 5.31. The molecule has 0 aliphatic heterocycles. The van der Waals surface area contributed by atoms with Crippen molar-refractivity contribution in [2.45, 2.75) is 84.6 Å². The summed E-state index contributed by atoms with van der Waals surface area (Å²) in [5.41, 5.74) is 0. The fourth-order valence-corrected chi connectivity index (χ4v) is 3.23. The summed E-state index contributed by atoms with van der Waals surface area (Å²) in [6.07, 6.45) is -1.74. The minimum Gasteiger partial charge on any atom is -0.481 e. The van der Waals surface area contributed by atoms with Gasteiger partial charge in [0, 0.05) is 6.92 Å². The molecule has 0 saturated carbocycles. The number of carbonyl (C=O) groups is 8. The van der Waals surface area contributed by atoms with Gasteiger partial charge in [0.05, 0.1) is 12.8 Å². The van der Waals surface area contributed by atoms with E-state index in [1.54, 1.807) is 27.7 Å². The molecule has 0 fully saturated rings. The summed E-state index contributed by atoms with van der Waals surface area (Å²) < 4.78 is 0. The minimum atomic E-state index is -1.75. The van der Waals surface area contributed by atoms with Gasteiger partial charge in [0.2, 0.25) is 29.5 Å². The Hall–Kier alpha value is -4.24. The zero-order valence-corrected chi connectivity index (χ0v) is 22.6. The van der Waals surface area contributed by atoms with E-state index >= 15 is 0 Å². The largest absolute Gasteiger partial charge is 0.481 e. The first-order valence-electron chi connectivity index (χ1n) is 12.0. The average molecular weight is 560 g/mol. The molecule has 0 aromatic rings. The Morgan fingerprint density at radius 3 is 1.36 bits per heavy atom. The Balaban J connectivity index is 5.60. The van der Waals surface area contributed by atoms with Crippen LogP contribution < -0.4 is 26.6 Å². The molecule has 5 amide bonds. The predicted molar refractivity (Wildman–Crippen MR) is 133 cm³/mol. The Labute approximate surface area is 224 Å². The van der Waals surface area contributed by atoms with Crippen molar-refractivity contribution in [2.24, 2.45) is 11.8 Å². The molecule has 0 heterocycles. The number of aliphatic carboxylic acids is 3. The number of carboxylic acids is 3. The first-order valence-corrected chi connectivity index (χ1v) is 12.0. The number of hydrogen-bond acceptors (Lipinski definition) is 8. The van der Waals surface area contributed by atoms with Crippen LogP contribution in [0.5, 0.6) is 0 Å². The van der Waals surface area contributed by atoms with Gasteiger partial charge in [-0.2, -0.15) is 0 Å². The molecule has 16 heteroatoms. The van der Waals surface area contributed by atoms with Crippen molar-refractivity contribution in [1.29, 1.82) is 0 Å². The topological polar surface area (TPSA) is 257 Å². The predicted octanol–water partition coefficient (Wildman–Crippen LogP) is -2.20. The average Bonchev–Trinajstić information content (AvgIpc) is 2.78. The van der Waals surface area contributed by atoms with Crippen molar-refractivity contribution in [1.82, 2.24) is 26.6 Å². The van der Waals surface area contributed by atoms with E-state index in [9.17, 15) is 43.5 Å². The molecule has 0 radical (unpaired) electrons. The number of hydrogen-bond donors (Lipinski definition) is 8. The van der Waals surface area contributed by atoms with E-state index < -0.39 is 102 Å². The van der Waals surface area contributed by atoms with Crippen molar-refractivity contribution in [3.63, 3.8) is 0 Å². The summed E-state index contributed by atoms with van der Waals surface area (Å²) in [5, 5.41) is 38.4. The first kappa shape index (κ1) is 34.8. The van der Waals surface area contributed by atoms with E-state index in [4.69, 9.17) is 10.2 Å². The second kappa shape index (κ2) is 15.9. The lowest BCUT2D eigenvalue weighted by atomic mass is 10.0.